The van der Waals surface area contributed by atoms with Crippen molar-refractivity contribution >= 4 is 64.1 Å². The lowest BCUT2D eigenvalue weighted by Gasteiger charge is -2.08. The normalized spacial score (nSPS) is 10.3. The molecule has 2 aromatic rings. The summed E-state index contributed by atoms with van der Waals surface area (Å²) in [4.78, 5) is 24.3. The molecule has 0 heterocycles. The number of esters is 1. The van der Waals surface area contributed by atoms with Crippen LogP contribution >= 0.6 is 46.6 Å². The van der Waals surface area contributed by atoms with Gasteiger partial charge in [0.1, 0.15) is 0 Å². The number of hydrogen-bond donors (Lipinski definition) is 1. The van der Waals surface area contributed by atoms with E-state index in [1.54, 1.807) is 30.3 Å². The maximum absolute atomic E-state index is 11.8. The number of anilines is 1. The number of rotatable bonds is 6. The van der Waals surface area contributed by atoms with Gasteiger partial charge in [-0.25, -0.2) is 0 Å². The monoisotopic (exact) mass is 403 g/mol. The van der Waals surface area contributed by atoms with Crippen LogP contribution in [0.2, 0.25) is 15.1 Å². The molecule has 0 radical (unpaired) electrons. The maximum atomic E-state index is 11.8. The number of halogens is 3. The fraction of sp³-hybridized carbons (Fsp3) is 0.125. The Morgan fingerprint density at radius 1 is 1.04 bits per heavy atom. The van der Waals surface area contributed by atoms with Crippen molar-refractivity contribution in [1.29, 1.82) is 0 Å². The van der Waals surface area contributed by atoms with Gasteiger partial charge >= 0.3 is 5.97 Å². The maximum Gasteiger partial charge on any atom is 0.316 e. The van der Waals surface area contributed by atoms with E-state index in [-0.39, 0.29) is 5.75 Å². The zero-order chi connectivity index (χ0) is 17.5. The van der Waals surface area contributed by atoms with E-state index in [2.05, 4.69) is 5.32 Å². The van der Waals surface area contributed by atoms with Gasteiger partial charge in [-0.05, 0) is 30.3 Å². The molecule has 24 heavy (non-hydrogen) atoms. The van der Waals surface area contributed by atoms with Crippen molar-refractivity contribution in [1.82, 2.24) is 0 Å². The van der Waals surface area contributed by atoms with Crippen LogP contribution in [0.25, 0.3) is 0 Å². The molecule has 0 bridgehead atoms. The number of benzene rings is 2. The van der Waals surface area contributed by atoms with E-state index in [0.29, 0.717) is 20.8 Å². The molecule has 0 unspecified atom stereocenters. The van der Waals surface area contributed by atoms with Crippen LogP contribution in [0.15, 0.2) is 47.4 Å². The molecule has 0 fully saturated rings. The van der Waals surface area contributed by atoms with Gasteiger partial charge in [-0.15, -0.1) is 11.8 Å². The van der Waals surface area contributed by atoms with E-state index in [1.807, 2.05) is 6.07 Å². The molecule has 0 aromatic heterocycles. The molecule has 1 N–H and O–H groups in total. The van der Waals surface area contributed by atoms with Crippen molar-refractivity contribution in [2.24, 2.45) is 0 Å². The highest BCUT2D eigenvalue weighted by Gasteiger charge is 2.11. The van der Waals surface area contributed by atoms with Crippen molar-refractivity contribution in [3.8, 4) is 0 Å². The molecule has 0 saturated heterocycles. The van der Waals surface area contributed by atoms with E-state index >= 15 is 0 Å². The lowest BCUT2D eigenvalue weighted by Crippen LogP contribution is -2.21. The van der Waals surface area contributed by atoms with E-state index in [9.17, 15) is 9.59 Å². The smallest absolute Gasteiger partial charge is 0.316 e. The van der Waals surface area contributed by atoms with Gasteiger partial charge in [-0.1, -0.05) is 46.9 Å². The van der Waals surface area contributed by atoms with Crippen LogP contribution in [0.4, 0.5) is 5.69 Å². The summed E-state index contributed by atoms with van der Waals surface area (Å²) in [6.45, 7) is -0.412. The fourth-order valence-electron chi connectivity index (χ4n) is 1.67. The molecule has 0 aliphatic carbocycles. The highest BCUT2D eigenvalue weighted by atomic mass is 35.5. The third kappa shape index (κ3) is 5.91. The van der Waals surface area contributed by atoms with Gasteiger partial charge in [0.15, 0.2) is 6.61 Å². The van der Waals surface area contributed by atoms with Crippen LogP contribution in [-0.2, 0) is 14.3 Å². The molecule has 2 rings (SSSR count). The second-order valence-corrected chi connectivity index (χ2v) is 6.82. The highest BCUT2D eigenvalue weighted by molar-refractivity contribution is 8.00. The molecule has 0 aliphatic heterocycles. The van der Waals surface area contributed by atoms with E-state index in [0.717, 1.165) is 4.90 Å². The highest BCUT2D eigenvalue weighted by Crippen LogP contribution is 2.27. The van der Waals surface area contributed by atoms with Crippen LogP contribution in [0.1, 0.15) is 0 Å². The van der Waals surface area contributed by atoms with E-state index in [4.69, 9.17) is 39.5 Å². The molecule has 0 aliphatic rings. The molecule has 0 spiro atoms. The number of amides is 1. The summed E-state index contributed by atoms with van der Waals surface area (Å²) in [6.07, 6.45) is 0. The number of ether oxygens (including phenoxy) is 1. The minimum Gasteiger partial charge on any atom is -0.455 e. The molecule has 0 saturated carbocycles. The lowest BCUT2D eigenvalue weighted by atomic mass is 10.3. The van der Waals surface area contributed by atoms with Gasteiger partial charge in [0.2, 0.25) is 0 Å². The number of carbonyl (C=O) groups is 2. The first-order chi connectivity index (χ1) is 11.5. The second-order valence-electron chi connectivity index (χ2n) is 4.55. The minimum atomic E-state index is -0.521. The van der Waals surface area contributed by atoms with Crippen molar-refractivity contribution in [3.63, 3.8) is 0 Å². The summed E-state index contributed by atoms with van der Waals surface area (Å²) in [5.74, 6) is -0.975. The van der Waals surface area contributed by atoms with Crippen LogP contribution < -0.4 is 5.32 Å². The van der Waals surface area contributed by atoms with Crippen LogP contribution in [0.5, 0.6) is 0 Å². The third-order valence-corrected chi connectivity index (χ3v) is 4.80. The average Bonchev–Trinajstić information content (AvgIpc) is 2.55. The van der Waals surface area contributed by atoms with E-state index in [1.165, 1.54) is 17.8 Å². The first kappa shape index (κ1) is 18.9. The Kier molecular flexibility index (Phi) is 7.24. The van der Waals surface area contributed by atoms with Gasteiger partial charge in [0.05, 0.1) is 21.5 Å². The summed E-state index contributed by atoms with van der Waals surface area (Å²) >= 11 is 19.0. The zero-order valence-electron chi connectivity index (χ0n) is 12.2. The van der Waals surface area contributed by atoms with Crippen molar-refractivity contribution in [2.75, 3.05) is 17.7 Å². The van der Waals surface area contributed by atoms with Crippen LogP contribution in [-0.4, -0.2) is 24.2 Å². The molecular formula is C16H12Cl3NO3S. The summed E-state index contributed by atoms with van der Waals surface area (Å²) in [6, 6.07) is 11.8. The molecule has 0 atom stereocenters. The summed E-state index contributed by atoms with van der Waals surface area (Å²) in [5, 5.41) is 3.86. The van der Waals surface area contributed by atoms with Crippen molar-refractivity contribution in [2.45, 2.75) is 4.90 Å². The molecule has 2 aromatic carbocycles. The summed E-state index contributed by atoms with van der Waals surface area (Å²) in [7, 11) is 0. The van der Waals surface area contributed by atoms with Crippen LogP contribution in [0, 0.1) is 0 Å². The van der Waals surface area contributed by atoms with Gasteiger partial charge in [-0.3, -0.25) is 9.59 Å². The predicted molar refractivity (Wildman–Crippen MR) is 98.2 cm³/mol. The Bertz CT molecular complexity index is 755. The standard InChI is InChI=1S/C16H12Cl3NO3S/c17-10-5-6-11(18)13(7-10)20-15(21)8-23-16(22)9-24-14-4-2-1-3-12(14)19/h1-7H,8-9H2,(H,20,21). The van der Waals surface area contributed by atoms with E-state index < -0.39 is 18.5 Å². The largest absolute Gasteiger partial charge is 0.455 e. The minimum absolute atomic E-state index is 0.0505. The summed E-state index contributed by atoms with van der Waals surface area (Å²) < 4.78 is 4.92. The molecule has 8 heteroatoms. The summed E-state index contributed by atoms with van der Waals surface area (Å²) in [5.41, 5.74) is 0.357. The Balaban J connectivity index is 1.78. The fourth-order valence-corrected chi connectivity index (χ4v) is 3.04. The van der Waals surface area contributed by atoms with Gasteiger partial charge in [0.25, 0.3) is 5.91 Å². The third-order valence-electron chi connectivity index (χ3n) is 2.75. The van der Waals surface area contributed by atoms with Gasteiger partial charge in [0, 0.05) is 9.92 Å². The molecule has 4 nitrogen and oxygen atoms in total. The van der Waals surface area contributed by atoms with Crippen LogP contribution in [0.3, 0.4) is 0 Å². The zero-order valence-corrected chi connectivity index (χ0v) is 15.3. The average molecular weight is 405 g/mol. The lowest BCUT2D eigenvalue weighted by molar-refractivity contribution is -0.144. The second kappa shape index (κ2) is 9.18. The Hall–Kier alpha value is -1.40. The molecular weight excluding hydrogens is 393 g/mol. The van der Waals surface area contributed by atoms with Gasteiger partial charge < -0.3 is 10.1 Å². The Morgan fingerprint density at radius 2 is 1.79 bits per heavy atom. The van der Waals surface area contributed by atoms with Crippen molar-refractivity contribution < 1.29 is 14.3 Å². The number of nitrogens with one attached hydrogen (secondary N) is 1. The number of thioether (sulfide) groups is 1. The first-order valence-corrected chi connectivity index (χ1v) is 8.85. The van der Waals surface area contributed by atoms with Crippen molar-refractivity contribution in [3.05, 3.63) is 57.5 Å². The number of hydrogen-bond acceptors (Lipinski definition) is 4. The Labute approximate surface area is 158 Å². The quantitative estimate of drug-likeness (QED) is 0.548. The SMILES string of the molecule is O=C(COC(=O)CSc1ccccc1Cl)Nc1cc(Cl)ccc1Cl. The van der Waals surface area contributed by atoms with Gasteiger partial charge in [-0.2, -0.15) is 0 Å². The molecule has 126 valence electrons. The Morgan fingerprint density at radius 3 is 2.54 bits per heavy atom. The first-order valence-electron chi connectivity index (χ1n) is 6.73. The number of carbonyl (C=O) groups excluding carboxylic acids is 2. The molecule has 1 amide bonds. The topological polar surface area (TPSA) is 55.4 Å². The predicted octanol–water partition coefficient (Wildman–Crippen LogP) is 4.92.